The van der Waals surface area contributed by atoms with Gasteiger partial charge in [0.1, 0.15) is 0 Å². The zero-order chi connectivity index (χ0) is 20.6. The number of hydrogen-bond donors (Lipinski definition) is 2. The fraction of sp³-hybridized carbons (Fsp3) is 0.588. The van der Waals surface area contributed by atoms with Crippen LogP contribution in [0.15, 0.2) is 23.1 Å². The fourth-order valence-electron chi connectivity index (χ4n) is 3.56. The van der Waals surface area contributed by atoms with Crippen molar-refractivity contribution in [1.82, 2.24) is 15.5 Å². The molecular formula is C17H24ClN3O5S2. The Bertz CT molecular complexity index is 959. The van der Waals surface area contributed by atoms with E-state index in [0.29, 0.717) is 23.6 Å². The van der Waals surface area contributed by atoms with E-state index in [-0.39, 0.29) is 42.5 Å². The third kappa shape index (κ3) is 4.00. The lowest BCUT2D eigenvalue weighted by molar-refractivity contribution is 0.190. The Morgan fingerprint density at radius 2 is 1.96 bits per heavy atom. The molecule has 2 heterocycles. The van der Waals surface area contributed by atoms with Gasteiger partial charge in [-0.1, -0.05) is 17.7 Å². The highest BCUT2D eigenvalue weighted by atomic mass is 35.5. The van der Waals surface area contributed by atoms with Gasteiger partial charge in [0.15, 0.2) is 14.7 Å². The molecule has 1 aromatic carbocycles. The molecule has 0 aliphatic carbocycles. The van der Waals surface area contributed by atoms with E-state index in [1.807, 2.05) is 0 Å². The van der Waals surface area contributed by atoms with Gasteiger partial charge in [0.05, 0.1) is 16.4 Å². The average molecular weight is 450 g/mol. The highest BCUT2D eigenvalue weighted by Crippen LogP contribution is 2.33. The maximum atomic E-state index is 13.6. The van der Waals surface area contributed by atoms with Crippen molar-refractivity contribution >= 4 is 37.3 Å². The van der Waals surface area contributed by atoms with E-state index in [1.165, 1.54) is 11.0 Å². The van der Waals surface area contributed by atoms with Crippen molar-refractivity contribution in [2.75, 3.05) is 37.7 Å². The molecule has 8 nitrogen and oxygen atoms in total. The molecule has 1 atom stereocenters. The minimum absolute atomic E-state index is 0.0495. The standard InChI is InChI=1S/C17H24ClN3O5S2/c1-13-14(18)4-2-5-15(13)28(25,26)17(6-3-7-19-12-17)20-16(22)21-8-10-27(23,24)11-9-21/h2,4-5,19H,3,6-12H2,1H3,(H,20,22)/t17-/m0/s1. The number of nitrogens with zero attached hydrogens (tertiary/aromatic N) is 1. The Hall–Kier alpha value is -1.36. The van der Waals surface area contributed by atoms with Crippen molar-refractivity contribution in [3.63, 3.8) is 0 Å². The van der Waals surface area contributed by atoms with Gasteiger partial charge in [0.2, 0.25) is 9.84 Å². The second-order valence-corrected chi connectivity index (χ2v) is 12.1. The highest BCUT2D eigenvalue weighted by molar-refractivity contribution is 7.93. The van der Waals surface area contributed by atoms with Crippen molar-refractivity contribution in [2.24, 2.45) is 0 Å². The van der Waals surface area contributed by atoms with Crippen molar-refractivity contribution < 1.29 is 21.6 Å². The number of halogens is 1. The molecule has 2 aliphatic rings. The predicted molar refractivity (Wildman–Crippen MR) is 107 cm³/mol. The fourth-order valence-corrected chi connectivity index (χ4v) is 7.11. The molecule has 0 saturated carbocycles. The van der Waals surface area contributed by atoms with Gasteiger partial charge in [0.25, 0.3) is 0 Å². The van der Waals surface area contributed by atoms with Gasteiger partial charge in [-0.05, 0) is 44.0 Å². The van der Waals surface area contributed by atoms with Crippen molar-refractivity contribution in [2.45, 2.75) is 29.5 Å². The van der Waals surface area contributed by atoms with Crippen LogP contribution in [0.3, 0.4) is 0 Å². The third-order valence-corrected chi connectivity index (χ3v) is 9.85. The van der Waals surface area contributed by atoms with E-state index in [2.05, 4.69) is 10.6 Å². The largest absolute Gasteiger partial charge is 0.323 e. The molecule has 2 N–H and O–H groups in total. The van der Waals surface area contributed by atoms with E-state index >= 15 is 0 Å². The van der Waals surface area contributed by atoms with Crippen molar-refractivity contribution in [1.29, 1.82) is 0 Å². The molecule has 11 heteroatoms. The van der Waals surface area contributed by atoms with Crippen LogP contribution >= 0.6 is 11.6 Å². The SMILES string of the molecule is Cc1c(Cl)cccc1S(=O)(=O)[C@@]1(NC(=O)N2CCS(=O)(=O)CC2)CCCNC1. The molecule has 28 heavy (non-hydrogen) atoms. The molecule has 0 spiro atoms. The molecule has 2 aliphatic heterocycles. The Morgan fingerprint density at radius 3 is 2.57 bits per heavy atom. The number of urea groups is 1. The molecule has 0 radical (unpaired) electrons. The van der Waals surface area contributed by atoms with Gasteiger partial charge in [-0.2, -0.15) is 0 Å². The number of rotatable bonds is 3. The van der Waals surface area contributed by atoms with E-state index in [0.717, 1.165) is 0 Å². The zero-order valence-electron chi connectivity index (χ0n) is 15.6. The molecule has 0 unspecified atom stereocenters. The normalized spacial score (nSPS) is 25.3. The number of hydrogen-bond acceptors (Lipinski definition) is 6. The van der Waals surface area contributed by atoms with Crippen LogP contribution in [0, 0.1) is 6.92 Å². The molecule has 0 aromatic heterocycles. The maximum Gasteiger partial charge on any atom is 0.318 e. The number of amides is 2. The first-order valence-corrected chi connectivity index (χ1v) is 12.7. The van der Waals surface area contributed by atoms with Crippen LogP contribution in [0.5, 0.6) is 0 Å². The number of sulfone groups is 2. The second kappa shape index (κ2) is 7.81. The van der Waals surface area contributed by atoms with Gasteiger partial charge in [-0.3, -0.25) is 0 Å². The molecule has 2 fully saturated rings. The minimum Gasteiger partial charge on any atom is -0.323 e. The number of nitrogens with one attached hydrogen (secondary N) is 2. The Morgan fingerprint density at radius 1 is 1.29 bits per heavy atom. The molecule has 2 amide bonds. The monoisotopic (exact) mass is 449 g/mol. The number of carbonyl (C=O) groups is 1. The second-order valence-electron chi connectivity index (χ2n) is 7.21. The van der Waals surface area contributed by atoms with Gasteiger partial charge >= 0.3 is 6.03 Å². The molecule has 1 aromatic rings. The van der Waals surface area contributed by atoms with Gasteiger partial charge < -0.3 is 15.5 Å². The van der Waals surface area contributed by atoms with Crippen LogP contribution in [0.1, 0.15) is 18.4 Å². The van der Waals surface area contributed by atoms with E-state index in [9.17, 15) is 21.6 Å². The van der Waals surface area contributed by atoms with Gasteiger partial charge in [0, 0.05) is 24.7 Å². The van der Waals surface area contributed by atoms with Gasteiger partial charge in [-0.15, -0.1) is 0 Å². The minimum atomic E-state index is -3.96. The summed E-state index contributed by atoms with van der Waals surface area (Å²) in [5, 5.41) is 6.12. The van der Waals surface area contributed by atoms with Crippen LogP contribution in [0.25, 0.3) is 0 Å². The Labute approximate surface area is 170 Å². The molecule has 3 rings (SSSR count). The number of benzene rings is 1. The Kier molecular flexibility index (Phi) is 5.96. The lowest BCUT2D eigenvalue weighted by Crippen LogP contribution is -2.65. The predicted octanol–water partition coefficient (Wildman–Crippen LogP) is 0.942. The maximum absolute atomic E-state index is 13.6. The van der Waals surface area contributed by atoms with Crippen LogP contribution in [-0.2, 0) is 19.7 Å². The lowest BCUT2D eigenvalue weighted by Gasteiger charge is -2.40. The topological polar surface area (TPSA) is 113 Å². The van der Waals surface area contributed by atoms with E-state index < -0.39 is 30.6 Å². The quantitative estimate of drug-likeness (QED) is 0.710. The zero-order valence-corrected chi connectivity index (χ0v) is 18.0. The van der Waals surface area contributed by atoms with Crippen LogP contribution in [0.2, 0.25) is 5.02 Å². The molecule has 2 saturated heterocycles. The summed E-state index contributed by atoms with van der Waals surface area (Å²) in [6.45, 7) is 2.46. The summed E-state index contributed by atoms with van der Waals surface area (Å²) in [5.41, 5.74) is 0.437. The summed E-state index contributed by atoms with van der Waals surface area (Å²) in [6.07, 6.45) is 0.833. The number of carbonyl (C=O) groups excluding carboxylic acids is 1. The Balaban J connectivity index is 1.92. The van der Waals surface area contributed by atoms with E-state index in [1.54, 1.807) is 19.1 Å². The van der Waals surface area contributed by atoms with Crippen molar-refractivity contribution in [3.8, 4) is 0 Å². The first kappa shape index (κ1) is 21.4. The van der Waals surface area contributed by atoms with Crippen LogP contribution < -0.4 is 10.6 Å². The summed E-state index contributed by atoms with van der Waals surface area (Å²) in [4.78, 5) is 12.7. The van der Waals surface area contributed by atoms with Crippen LogP contribution in [-0.4, -0.2) is 70.3 Å². The summed E-state index contributed by atoms with van der Waals surface area (Å²) in [7, 11) is -7.10. The summed E-state index contributed by atoms with van der Waals surface area (Å²) < 4.78 is 50.4. The average Bonchev–Trinajstić information content (AvgIpc) is 2.64. The summed E-state index contributed by atoms with van der Waals surface area (Å²) in [5.74, 6) is -0.238. The smallest absolute Gasteiger partial charge is 0.318 e. The molecule has 156 valence electrons. The third-order valence-electron chi connectivity index (χ3n) is 5.33. The first-order valence-electron chi connectivity index (χ1n) is 9.06. The summed E-state index contributed by atoms with van der Waals surface area (Å²) >= 11 is 6.13. The van der Waals surface area contributed by atoms with E-state index in [4.69, 9.17) is 11.6 Å². The number of piperidine rings is 1. The van der Waals surface area contributed by atoms with Crippen molar-refractivity contribution in [3.05, 3.63) is 28.8 Å². The first-order chi connectivity index (χ1) is 13.1. The van der Waals surface area contributed by atoms with Crippen LogP contribution in [0.4, 0.5) is 4.79 Å². The molecular weight excluding hydrogens is 426 g/mol. The lowest BCUT2D eigenvalue weighted by atomic mass is 10.1. The molecule has 0 bridgehead atoms. The highest BCUT2D eigenvalue weighted by Gasteiger charge is 2.48. The van der Waals surface area contributed by atoms with Gasteiger partial charge in [-0.25, -0.2) is 21.6 Å². The summed E-state index contributed by atoms with van der Waals surface area (Å²) in [6, 6.07) is 4.12.